The number of carbonyl (C=O) groups is 2. The number of carbonyl (C=O) groups excluding carboxylic acids is 2. The van der Waals surface area contributed by atoms with Crippen LogP contribution in [0.3, 0.4) is 0 Å². The van der Waals surface area contributed by atoms with Crippen LogP contribution >= 0.6 is 0 Å². The van der Waals surface area contributed by atoms with Crippen LogP contribution in [0.1, 0.15) is 54.0 Å². The van der Waals surface area contributed by atoms with Gasteiger partial charge >= 0.3 is 6.09 Å². The topological polar surface area (TPSA) is 46.6 Å². The largest absolute Gasteiger partial charge is 0.434 e. The molecule has 25 heavy (non-hydrogen) atoms. The van der Waals surface area contributed by atoms with Crippen molar-refractivity contribution in [3.63, 3.8) is 0 Å². The molecule has 1 rings (SSSR count). The van der Waals surface area contributed by atoms with Crippen molar-refractivity contribution in [3.05, 3.63) is 42.0 Å². The summed E-state index contributed by atoms with van der Waals surface area (Å²) in [5, 5.41) is 0. The maximum Gasteiger partial charge on any atom is 0.411 e. The van der Waals surface area contributed by atoms with E-state index in [1.54, 1.807) is 11.0 Å². The lowest BCUT2D eigenvalue weighted by Gasteiger charge is -2.32. The first kappa shape index (κ1) is 20.9. The standard InChI is InChI=1S/C21H31NO3/c1-15(2)22(16(3)4)20(24)25-18(19(23)21(5,6)7)14-13-17-11-9-8-10-12-17/h8-16,18H,1-7H3/b14-13+/t18-/m1/s1. The molecule has 1 amide bonds. The summed E-state index contributed by atoms with van der Waals surface area (Å²) in [4.78, 5) is 27.0. The van der Waals surface area contributed by atoms with Crippen LogP contribution in [-0.4, -0.2) is 35.0 Å². The highest BCUT2D eigenvalue weighted by Crippen LogP contribution is 2.21. The second kappa shape index (κ2) is 8.84. The number of ketones is 1. The van der Waals surface area contributed by atoms with Gasteiger partial charge in [0.2, 0.25) is 0 Å². The fraction of sp³-hybridized carbons (Fsp3) is 0.524. The molecule has 0 spiro atoms. The number of ether oxygens (including phenoxy) is 1. The molecule has 0 saturated carbocycles. The van der Waals surface area contributed by atoms with E-state index in [0.29, 0.717) is 0 Å². The van der Waals surface area contributed by atoms with Gasteiger partial charge in [0.1, 0.15) is 0 Å². The zero-order valence-corrected chi connectivity index (χ0v) is 16.4. The third-order valence-electron chi connectivity index (χ3n) is 3.81. The summed E-state index contributed by atoms with van der Waals surface area (Å²) in [5.74, 6) is -0.125. The van der Waals surface area contributed by atoms with E-state index >= 15 is 0 Å². The Kier molecular flexibility index (Phi) is 7.40. The average molecular weight is 345 g/mol. The van der Waals surface area contributed by atoms with Crippen LogP contribution in [0.5, 0.6) is 0 Å². The van der Waals surface area contributed by atoms with Crippen LogP contribution in [0.15, 0.2) is 36.4 Å². The van der Waals surface area contributed by atoms with E-state index in [2.05, 4.69) is 0 Å². The van der Waals surface area contributed by atoms with Gasteiger partial charge in [-0.15, -0.1) is 0 Å². The Morgan fingerprint density at radius 2 is 1.52 bits per heavy atom. The Morgan fingerprint density at radius 1 is 1.00 bits per heavy atom. The van der Waals surface area contributed by atoms with Crippen LogP contribution in [0.25, 0.3) is 6.08 Å². The van der Waals surface area contributed by atoms with Gasteiger partial charge in [0.15, 0.2) is 11.9 Å². The second-order valence-corrected chi connectivity index (χ2v) is 7.78. The molecular weight excluding hydrogens is 314 g/mol. The molecule has 0 aliphatic carbocycles. The van der Waals surface area contributed by atoms with Gasteiger partial charge in [-0.3, -0.25) is 4.79 Å². The number of benzene rings is 1. The lowest BCUT2D eigenvalue weighted by molar-refractivity contribution is -0.133. The molecule has 4 heteroatoms. The van der Waals surface area contributed by atoms with Crippen molar-refractivity contribution < 1.29 is 14.3 Å². The van der Waals surface area contributed by atoms with Crippen molar-refractivity contribution in [2.24, 2.45) is 5.41 Å². The number of Topliss-reactive ketones (excluding diaryl/α,β-unsaturated/α-hetero) is 1. The van der Waals surface area contributed by atoms with Gasteiger partial charge in [0.05, 0.1) is 0 Å². The van der Waals surface area contributed by atoms with Gasteiger partial charge in [-0.25, -0.2) is 4.79 Å². The van der Waals surface area contributed by atoms with Gasteiger partial charge in [-0.05, 0) is 39.3 Å². The quantitative estimate of drug-likeness (QED) is 0.733. The highest BCUT2D eigenvalue weighted by Gasteiger charge is 2.33. The van der Waals surface area contributed by atoms with E-state index in [1.807, 2.05) is 84.9 Å². The predicted octanol–water partition coefficient (Wildman–Crippen LogP) is 4.94. The Labute approximate surface area is 151 Å². The molecule has 0 heterocycles. The van der Waals surface area contributed by atoms with Gasteiger partial charge in [0.25, 0.3) is 0 Å². The Bertz CT molecular complexity index is 589. The lowest BCUT2D eigenvalue weighted by Crippen LogP contribution is -2.45. The lowest BCUT2D eigenvalue weighted by atomic mass is 9.87. The molecule has 0 aromatic heterocycles. The van der Waals surface area contributed by atoms with Gasteiger partial charge < -0.3 is 9.64 Å². The van der Waals surface area contributed by atoms with Crippen molar-refractivity contribution in [2.45, 2.75) is 66.7 Å². The molecule has 138 valence electrons. The highest BCUT2D eigenvalue weighted by atomic mass is 16.6. The molecule has 0 unspecified atom stereocenters. The normalized spacial score (nSPS) is 13.3. The number of hydrogen-bond acceptors (Lipinski definition) is 3. The number of hydrogen-bond donors (Lipinski definition) is 0. The SMILES string of the molecule is CC(C)N(C(=O)O[C@H](/C=C/c1ccccc1)C(=O)C(C)(C)C)C(C)C. The molecule has 0 fully saturated rings. The zero-order valence-electron chi connectivity index (χ0n) is 16.4. The predicted molar refractivity (Wildman–Crippen MR) is 102 cm³/mol. The van der Waals surface area contributed by atoms with Crippen LogP contribution in [0.2, 0.25) is 0 Å². The Balaban J connectivity index is 3.05. The first-order chi connectivity index (χ1) is 11.5. The summed E-state index contributed by atoms with van der Waals surface area (Å²) in [7, 11) is 0. The zero-order chi connectivity index (χ0) is 19.2. The van der Waals surface area contributed by atoms with Crippen molar-refractivity contribution in [2.75, 3.05) is 0 Å². The minimum Gasteiger partial charge on any atom is -0.434 e. The van der Waals surface area contributed by atoms with E-state index in [0.717, 1.165) is 5.56 Å². The summed E-state index contributed by atoms with van der Waals surface area (Å²) >= 11 is 0. The molecule has 1 aromatic rings. The monoisotopic (exact) mass is 345 g/mol. The maximum atomic E-state index is 12.7. The van der Waals surface area contributed by atoms with Crippen LogP contribution in [0.4, 0.5) is 4.79 Å². The van der Waals surface area contributed by atoms with E-state index in [1.165, 1.54) is 0 Å². The fourth-order valence-electron chi connectivity index (χ4n) is 2.56. The van der Waals surface area contributed by atoms with E-state index in [4.69, 9.17) is 4.74 Å². The van der Waals surface area contributed by atoms with Gasteiger partial charge in [-0.1, -0.05) is 57.2 Å². The Hall–Kier alpha value is -2.10. The minimum atomic E-state index is -0.910. The van der Waals surface area contributed by atoms with Gasteiger partial charge in [0, 0.05) is 17.5 Å². The summed E-state index contributed by atoms with van der Waals surface area (Å²) < 4.78 is 5.60. The van der Waals surface area contributed by atoms with Crippen LogP contribution < -0.4 is 0 Å². The maximum absolute atomic E-state index is 12.7. The number of rotatable bonds is 6. The third-order valence-corrected chi connectivity index (χ3v) is 3.81. The van der Waals surface area contributed by atoms with Crippen molar-refractivity contribution in [3.8, 4) is 0 Å². The highest BCUT2D eigenvalue weighted by molar-refractivity contribution is 5.92. The summed E-state index contributed by atoms with van der Waals surface area (Å²) in [6.45, 7) is 13.2. The summed E-state index contributed by atoms with van der Waals surface area (Å²) in [6, 6.07) is 9.64. The summed E-state index contributed by atoms with van der Waals surface area (Å²) in [6.07, 6.45) is 2.11. The van der Waals surface area contributed by atoms with Crippen LogP contribution in [0, 0.1) is 5.41 Å². The third kappa shape index (κ3) is 6.37. The van der Waals surface area contributed by atoms with Crippen molar-refractivity contribution in [1.29, 1.82) is 0 Å². The molecule has 0 N–H and O–H groups in total. The number of amides is 1. The molecule has 0 aliphatic rings. The molecule has 1 atom stereocenters. The molecule has 4 nitrogen and oxygen atoms in total. The smallest absolute Gasteiger partial charge is 0.411 e. The first-order valence-electron chi connectivity index (χ1n) is 8.80. The average Bonchev–Trinajstić information content (AvgIpc) is 2.50. The van der Waals surface area contributed by atoms with E-state index in [-0.39, 0.29) is 17.9 Å². The molecule has 0 aliphatic heterocycles. The summed E-state index contributed by atoms with van der Waals surface area (Å²) in [5.41, 5.74) is 0.349. The first-order valence-corrected chi connectivity index (χ1v) is 8.80. The molecule has 1 aromatic carbocycles. The van der Waals surface area contributed by atoms with E-state index in [9.17, 15) is 9.59 Å². The van der Waals surface area contributed by atoms with Gasteiger partial charge in [-0.2, -0.15) is 0 Å². The molecule has 0 saturated heterocycles. The van der Waals surface area contributed by atoms with E-state index < -0.39 is 17.6 Å². The minimum absolute atomic E-state index is 0.00371. The van der Waals surface area contributed by atoms with Crippen LogP contribution in [-0.2, 0) is 9.53 Å². The molecular formula is C21H31NO3. The fourth-order valence-corrected chi connectivity index (χ4v) is 2.56. The Morgan fingerprint density at radius 3 is 1.96 bits per heavy atom. The van der Waals surface area contributed by atoms with Crippen molar-refractivity contribution >= 4 is 18.0 Å². The molecule has 0 bridgehead atoms. The number of nitrogens with zero attached hydrogens (tertiary/aromatic N) is 1. The molecule has 0 radical (unpaired) electrons. The second-order valence-electron chi connectivity index (χ2n) is 7.78. The van der Waals surface area contributed by atoms with Crippen molar-refractivity contribution in [1.82, 2.24) is 4.90 Å².